The van der Waals surface area contributed by atoms with Gasteiger partial charge in [-0.2, -0.15) is 0 Å². The molecule has 6 heteroatoms. The first kappa shape index (κ1) is 19.4. The zero-order chi connectivity index (χ0) is 12.6. The molecule has 0 amide bonds. The van der Waals surface area contributed by atoms with Gasteiger partial charge in [-0.05, 0) is 33.6 Å². The molecule has 2 unspecified atom stereocenters. The summed E-state index contributed by atoms with van der Waals surface area (Å²) >= 11 is 0. The number of rotatable bonds is 9. The van der Waals surface area contributed by atoms with Gasteiger partial charge in [0.2, 0.25) is 0 Å². The molecular formula is C11H30N2O3Si. The van der Waals surface area contributed by atoms with Crippen LogP contribution in [0.1, 0.15) is 34.6 Å². The summed E-state index contributed by atoms with van der Waals surface area (Å²) in [6.45, 7) is 11.9. The Kier molecular flexibility index (Phi) is 11.4. The Balaban J connectivity index is 0. The van der Waals surface area contributed by atoms with Gasteiger partial charge in [0.1, 0.15) is 0 Å². The first-order valence-electron chi connectivity index (χ1n) is 6.18. The molecule has 17 heavy (non-hydrogen) atoms. The van der Waals surface area contributed by atoms with Crippen LogP contribution in [0.4, 0.5) is 0 Å². The fourth-order valence-electron chi connectivity index (χ4n) is 1.54. The Morgan fingerprint density at radius 2 is 1.29 bits per heavy atom. The number of hydrogen-bond acceptors (Lipinski definition) is 5. The van der Waals surface area contributed by atoms with Gasteiger partial charge in [-0.3, -0.25) is 0 Å². The van der Waals surface area contributed by atoms with Gasteiger partial charge in [0.05, 0.1) is 0 Å². The highest BCUT2D eigenvalue weighted by molar-refractivity contribution is 6.60. The van der Waals surface area contributed by atoms with E-state index in [2.05, 4.69) is 6.92 Å². The van der Waals surface area contributed by atoms with Crippen molar-refractivity contribution in [3.8, 4) is 0 Å². The lowest BCUT2D eigenvalue weighted by molar-refractivity contribution is 0.0668. The third-order valence-electron chi connectivity index (χ3n) is 2.56. The third kappa shape index (κ3) is 7.12. The molecule has 5 N–H and O–H groups in total. The second-order valence-electron chi connectivity index (χ2n) is 4.02. The van der Waals surface area contributed by atoms with Gasteiger partial charge in [0.25, 0.3) is 0 Å². The Hall–Kier alpha value is 0.0169. The monoisotopic (exact) mass is 266 g/mol. The molecule has 0 radical (unpaired) electrons. The molecule has 5 nitrogen and oxygen atoms in total. The zero-order valence-electron chi connectivity index (χ0n) is 12.0. The first-order valence-corrected chi connectivity index (χ1v) is 8.11. The first-order chi connectivity index (χ1) is 7.51. The molecule has 0 fully saturated rings. The van der Waals surface area contributed by atoms with E-state index in [4.69, 9.17) is 19.0 Å². The van der Waals surface area contributed by atoms with Gasteiger partial charge in [-0.25, -0.2) is 0 Å². The smallest absolute Gasteiger partial charge is 0.374 e. The lowest BCUT2D eigenvalue weighted by atomic mass is 10.1. The summed E-state index contributed by atoms with van der Waals surface area (Å²) in [6.07, 6.45) is 0. The number of nitrogens with two attached hydrogens (primary N) is 1. The van der Waals surface area contributed by atoms with Crippen molar-refractivity contribution in [2.45, 2.75) is 46.7 Å². The van der Waals surface area contributed by atoms with Crippen LogP contribution in [0.15, 0.2) is 0 Å². The summed E-state index contributed by atoms with van der Waals surface area (Å²) in [4.78, 5) is 0. The molecule has 0 bridgehead atoms. The summed E-state index contributed by atoms with van der Waals surface area (Å²) in [7, 11) is -2.50. The molecule has 0 aliphatic rings. The standard InChI is InChI=1S/C11H27NO3Si.H3N/c1-6-13-16(14-7-2,15-8-3)9-10(4)11(5)12;/h10-11H,6-9,12H2,1-5H3;1H3. The molecule has 0 saturated carbocycles. The van der Waals surface area contributed by atoms with E-state index >= 15 is 0 Å². The third-order valence-corrected chi connectivity index (χ3v) is 5.89. The SMILES string of the molecule is CCO[Si](CC(C)C(C)N)(OCC)OCC.N. The van der Waals surface area contributed by atoms with E-state index in [0.717, 1.165) is 6.04 Å². The topological polar surface area (TPSA) is 88.7 Å². The second-order valence-corrected chi connectivity index (χ2v) is 6.66. The van der Waals surface area contributed by atoms with Gasteiger partial charge < -0.3 is 25.2 Å². The maximum absolute atomic E-state index is 5.89. The van der Waals surface area contributed by atoms with Crippen molar-refractivity contribution in [1.29, 1.82) is 0 Å². The van der Waals surface area contributed by atoms with E-state index in [1.54, 1.807) is 0 Å². The highest BCUT2D eigenvalue weighted by atomic mass is 28.4. The van der Waals surface area contributed by atoms with Crippen LogP contribution in [0.3, 0.4) is 0 Å². The van der Waals surface area contributed by atoms with Crippen molar-refractivity contribution in [3.63, 3.8) is 0 Å². The van der Waals surface area contributed by atoms with E-state index in [1.807, 2.05) is 27.7 Å². The van der Waals surface area contributed by atoms with E-state index in [9.17, 15) is 0 Å². The Morgan fingerprint density at radius 3 is 1.53 bits per heavy atom. The van der Waals surface area contributed by atoms with Crippen molar-refractivity contribution in [1.82, 2.24) is 6.15 Å². The molecule has 106 valence electrons. The normalized spacial score (nSPS) is 15.2. The van der Waals surface area contributed by atoms with E-state index in [-0.39, 0.29) is 12.2 Å². The average Bonchev–Trinajstić information content (AvgIpc) is 2.18. The molecule has 0 saturated heterocycles. The van der Waals surface area contributed by atoms with Crippen LogP contribution in [0.5, 0.6) is 0 Å². The second kappa shape index (κ2) is 9.99. The molecule has 0 heterocycles. The Labute approximate surface area is 107 Å². The highest BCUT2D eigenvalue weighted by Gasteiger charge is 2.42. The molecule has 0 aromatic carbocycles. The van der Waals surface area contributed by atoms with Gasteiger partial charge in [0, 0.05) is 31.9 Å². The summed E-state index contributed by atoms with van der Waals surface area (Å²) in [5, 5.41) is 0. The van der Waals surface area contributed by atoms with Crippen LogP contribution in [0.2, 0.25) is 6.04 Å². The minimum absolute atomic E-state index is 0. The molecule has 0 aromatic rings. The minimum atomic E-state index is -2.50. The fourth-order valence-corrected chi connectivity index (χ4v) is 4.63. The van der Waals surface area contributed by atoms with Gasteiger partial charge >= 0.3 is 8.80 Å². The highest BCUT2D eigenvalue weighted by Crippen LogP contribution is 2.22. The van der Waals surface area contributed by atoms with Crippen molar-refractivity contribution in [3.05, 3.63) is 0 Å². The predicted molar refractivity (Wildman–Crippen MR) is 73.3 cm³/mol. The molecule has 0 aliphatic heterocycles. The summed E-state index contributed by atoms with van der Waals surface area (Å²) in [5.41, 5.74) is 5.89. The largest absolute Gasteiger partial charge is 0.501 e. The van der Waals surface area contributed by atoms with Crippen molar-refractivity contribution >= 4 is 8.80 Å². The zero-order valence-corrected chi connectivity index (χ0v) is 13.0. The van der Waals surface area contributed by atoms with Crippen LogP contribution in [-0.2, 0) is 13.3 Å². The maximum Gasteiger partial charge on any atom is 0.501 e. The summed E-state index contributed by atoms with van der Waals surface area (Å²) in [6, 6.07) is 0.924. The Morgan fingerprint density at radius 1 is 0.941 bits per heavy atom. The fraction of sp³-hybridized carbons (Fsp3) is 1.00. The summed E-state index contributed by atoms with van der Waals surface area (Å²) < 4.78 is 17.3. The predicted octanol–water partition coefficient (Wildman–Crippen LogP) is 2.18. The lowest BCUT2D eigenvalue weighted by Crippen LogP contribution is -2.48. The van der Waals surface area contributed by atoms with E-state index < -0.39 is 8.80 Å². The lowest BCUT2D eigenvalue weighted by Gasteiger charge is -2.31. The quantitative estimate of drug-likeness (QED) is 0.624. The van der Waals surface area contributed by atoms with E-state index in [1.165, 1.54) is 0 Å². The van der Waals surface area contributed by atoms with Crippen LogP contribution < -0.4 is 11.9 Å². The van der Waals surface area contributed by atoms with Crippen LogP contribution in [-0.4, -0.2) is 34.7 Å². The minimum Gasteiger partial charge on any atom is -0.374 e. The van der Waals surface area contributed by atoms with Crippen LogP contribution in [0, 0.1) is 5.92 Å². The van der Waals surface area contributed by atoms with Crippen molar-refractivity contribution < 1.29 is 13.3 Å². The molecule has 0 spiro atoms. The molecular weight excluding hydrogens is 236 g/mol. The molecule has 0 aromatic heterocycles. The number of hydrogen-bond donors (Lipinski definition) is 2. The van der Waals surface area contributed by atoms with Crippen LogP contribution >= 0.6 is 0 Å². The van der Waals surface area contributed by atoms with E-state index in [0.29, 0.717) is 25.7 Å². The van der Waals surface area contributed by atoms with Crippen molar-refractivity contribution in [2.24, 2.45) is 11.7 Å². The Bertz CT molecular complexity index is 165. The average molecular weight is 266 g/mol. The molecule has 2 atom stereocenters. The summed E-state index contributed by atoms with van der Waals surface area (Å²) in [5.74, 6) is 0.344. The van der Waals surface area contributed by atoms with Crippen molar-refractivity contribution in [2.75, 3.05) is 19.8 Å². The van der Waals surface area contributed by atoms with Gasteiger partial charge in [0.15, 0.2) is 0 Å². The van der Waals surface area contributed by atoms with Gasteiger partial charge in [-0.1, -0.05) is 6.92 Å². The maximum atomic E-state index is 5.89. The molecule has 0 aliphatic carbocycles. The van der Waals surface area contributed by atoms with Crippen LogP contribution in [0.25, 0.3) is 0 Å². The van der Waals surface area contributed by atoms with Gasteiger partial charge in [-0.15, -0.1) is 0 Å². The molecule has 0 rings (SSSR count).